The molecule has 2 fully saturated rings. The van der Waals surface area contributed by atoms with Crippen LogP contribution in [0, 0.1) is 0 Å². The van der Waals surface area contributed by atoms with E-state index < -0.39 is 0 Å². The SMILES string of the molecule is COc1ccc(CN2CCC3(CC2)CC(O)CCO3)c(OC)c1. The number of aliphatic hydroxyl groups is 1. The van der Waals surface area contributed by atoms with Gasteiger partial charge in [0, 0.05) is 44.3 Å². The van der Waals surface area contributed by atoms with E-state index in [2.05, 4.69) is 11.0 Å². The Morgan fingerprint density at radius 3 is 2.70 bits per heavy atom. The lowest BCUT2D eigenvalue weighted by Crippen LogP contribution is -2.50. The molecule has 23 heavy (non-hydrogen) atoms. The number of piperidine rings is 1. The zero-order valence-corrected chi connectivity index (χ0v) is 14.1. The van der Waals surface area contributed by atoms with Gasteiger partial charge in [-0.2, -0.15) is 0 Å². The molecule has 2 heterocycles. The molecule has 0 amide bonds. The number of ether oxygens (including phenoxy) is 3. The first-order chi connectivity index (χ1) is 11.1. The van der Waals surface area contributed by atoms with Gasteiger partial charge in [0.1, 0.15) is 11.5 Å². The van der Waals surface area contributed by atoms with Gasteiger partial charge in [0.15, 0.2) is 0 Å². The molecule has 0 bridgehead atoms. The Hall–Kier alpha value is -1.30. The highest BCUT2D eigenvalue weighted by atomic mass is 16.5. The summed E-state index contributed by atoms with van der Waals surface area (Å²) in [6.07, 6.45) is 3.34. The molecule has 1 aromatic rings. The standard InChI is InChI=1S/C18H27NO4/c1-21-16-4-3-14(17(11-16)22-2)13-19-8-6-18(7-9-19)12-15(20)5-10-23-18/h3-4,11,15,20H,5-10,12-13H2,1-2H3. The first-order valence-corrected chi connectivity index (χ1v) is 8.39. The van der Waals surface area contributed by atoms with Gasteiger partial charge in [-0.15, -0.1) is 0 Å². The van der Waals surface area contributed by atoms with Crippen molar-refractivity contribution in [2.24, 2.45) is 0 Å². The lowest BCUT2D eigenvalue weighted by atomic mass is 9.83. The molecular weight excluding hydrogens is 294 g/mol. The summed E-state index contributed by atoms with van der Waals surface area (Å²) < 4.78 is 16.8. The molecule has 2 aliphatic rings. The predicted octanol–water partition coefficient (Wildman–Crippen LogP) is 2.21. The van der Waals surface area contributed by atoms with Crippen LogP contribution in [0.1, 0.15) is 31.2 Å². The van der Waals surface area contributed by atoms with Gasteiger partial charge in [0.05, 0.1) is 25.9 Å². The highest BCUT2D eigenvalue weighted by molar-refractivity contribution is 5.40. The van der Waals surface area contributed by atoms with E-state index in [1.54, 1.807) is 14.2 Å². The molecule has 5 heteroatoms. The van der Waals surface area contributed by atoms with Gasteiger partial charge in [-0.1, -0.05) is 6.07 Å². The van der Waals surface area contributed by atoms with E-state index in [0.717, 1.165) is 56.8 Å². The highest BCUT2D eigenvalue weighted by Gasteiger charge is 2.39. The second-order valence-electron chi connectivity index (χ2n) is 6.63. The van der Waals surface area contributed by atoms with Crippen LogP contribution in [-0.4, -0.2) is 55.6 Å². The lowest BCUT2D eigenvalue weighted by molar-refractivity contribution is -0.143. The number of benzene rings is 1. The number of methoxy groups -OCH3 is 2. The van der Waals surface area contributed by atoms with Crippen molar-refractivity contribution < 1.29 is 19.3 Å². The van der Waals surface area contributed by atoms with Gasteiger partial charge in [0.25, 0.3) is 0 Å². The Labute approximate surface area is 138 Å². The van der Waals surface area contributed by atoms with Crippen molar-refractivity contribution in [3.8, 4) is 11.5 Å². The number of likely N-dealkylation sites (tertiary alicyclic amines) is 1. The summed E-state index contributed by atoms with van der Waals surface area (Å²) in [5.41, 5.74) is 1.08. The molecule has 128 valence electrons. The summed E-state index contributed by atoms with van der Waals surface area (Å²) in [5, 5.41) is 9.92. The fourth-order valence-corrected chi connectivity index (χ4v) is 3.69. The van der Waals surface area contributed by atoms with Crippen LogP contribution in [0.5, 0.6) is 11.5 Å². The Bertz CT molecular complexity index is 526. The van der Waals surface area contributed by atoms with Gasteiger partial charge < -0.3 is 19.3 Å². The molecule has 0 saturated carbocycles. The second kappa shape index (κ2) is 7.07. The van der Waals surface area contributed by atoms with Gasteiger partial charge in [0.2, 0.25) is 0 Å². The average molecular weight is 321 g/mol. The number of rotatable bonds is 4. The molecule has 1 aromatic carbocycles. The quantitative estimate of drug-likeness (QED) is 0.921. The zero-order chi connectivity index (χ0) is 16.3. The number of hydrogen-bond acceptors (Lipinski definition) is 5. The van der Waals surface area contributed by atoms with Crippen molar-refractivity contribution in [2.45, 2.75) is 43.9 Å². The third-order valence-electron chi connectivity index (χ3n) is 5.12. The normalized spacial score (nSPS) is 24.6. The molecule has 1 N–H and O–H groups in total. The third-order valence-corrected chi connectivity index (χ3v) is 5.12. The Morgan fingerprint density at radius 2 is 2.04 bits per heavy atom. The van der Waals surface area contributed by atoms with Crippen LogP contribution in [-0.2, 0) is 11.3 Å². The largest absolute Gasteiger partial charge is 0.497 e. The van der Waals surface area contributed by atoms with E-state index in [-0.39, 0.29) is 11.7 Å². The third kappa shape index (κ3) is 3.79. The van der Waals surface area contributed by atoms with E-state index in [9.17, 15) is 5.11 Å². The number of aliphatic hydroxyl groups excluding tert-OH is 1. The van der Waals surface area contributed by atoms with Crippen LogP contribution >= 0.6 is 0 Å². The monoisotopic (exact) mass is 321 g/mol. The molecule has 5 nitrogen and oxygen atoms in total. The zero-order valence-electron chi connectivity index (χ0n) is 14.1. The van der Waals surface area contributed by atoms with E-state index in [1.807, 2.05) is 12.1 Å². The van der Waals surface area contributed by atoms with Crippen LogP contribution in [0.15, 0.2) is 18.2 Å². The van der Waals surface area contributed by atoms with Crippen molar-refractivity contribution in [3.63, 3.8) is 0 Å². The number of nitrogens with zero attached hydrogens (tertiary/aromatic N) is 1. The molecule has 1 atom stereocenters. The Balaban J connectivity index is 1.60. The summed E-state index contributed by atoms with van der Waals surface area (Å²) >= 11 is 0. The van der Waals surface area contributed by atoms with Crippen molar-refractivity contribution in [1.29, 1.82) is 0 Å². The minimum absolute atomic E-state index is 0.0990. The maximum Gasteiger partial charge on any atom is 0.127 e. The molecular formula is C18H27NO4. The van der Waals surface area contributed by atoms with Gasteiger partial charge >= 0.3 is 0 Å². The van der Waals surface area contributed by atoms with Crippen molar-refractivity contribution in [2.75, 3.05) is 33.9 Å². The van der Waals surface area contributed by atoms with Gasteiger partial charge in [-0.3, -0.25) is 4.90 Å². The fourth-order valence-electron chi connectivity index (χ4n) is 3.69. The fraction of sp³-hybridized carbons (Fsp3) is 0.667. The minimum atomic E-state index is -0.197. The van der Waals surface area contributed by atoms with E-state index in [1.165, 1.54) is 5.56 Å². The molecule has 0 aromatic heterocycles. The smallest absolute Gasteiger partial charge is 0.127 e. The average Bonchev–Trinajstić information content (AvgIpc) is 2.57. The predicted molar refractivity (Wildman–Crippen MR) is 88.0 cm³/mol. The van der Waals surface area contributed by atoms with Gasteiger partial charge in [-0.25, -0.2) is 0 Å². The first kappa shape index (κ1) is 16.6. The van der Waals surface area contributed by atoms with Crippen LogP contribution in [0.4, 0.5) is 0 Å². The summed E-state index contributed by atoms with van der Waals surface area (Å²) in [5.74, 6) is 1.68. The molecule has 1 unspecified atom stereocenters. The Morgan fingerprint density at radius 1 is 1.26 bits per heavy atom. The van der Waals surface area contributed by atoms with Crippen LogP contribution in [0.3, 0.4) is 0 Å². The van der Waals surface area contributed by atoms with E-state index in [4.69, 9.17) is 14.2 Å². The Kier molecular flexibility index (Phi) is 5.09. The molecule has 2 saturated heterocycles. The van der Waals surface area contributed by atoms with Crippen molar-refractivity contribution in [1.82, 2.24) is 4.90 Å². The van der Waals surface area contributed by atoms with Gasteiger partial charge in [-0.05, 0) is 25.3 Å². The van der Waals surface area contributed by atoms with Crippen molar-refractivity contribution in [3.05, 3.63) is 23.8 Å². The summed E-state index contributed by atoms with van der Waals surface area (Å²) in [6, 6.07) is 5.98. The van der Waals surface area contributed by atoms with Crippen LogP contribution in [0.2, 0.25) is 0 Å². The van der Waals surface area contributed by atoms with E-state index >= 15 is 0 Å². The lowest BCUT2D eigenvalue weighted by Gasteiger charge is -2.45. The molecule has 2 aliphatic heterocycles. The maximum absolute atomic E-state index is 9.92. The minimum Gasteiger partial charge on any atom is -0.497 e. The topological polar surface area (TPSA) is 51.2 Å². The summed E-state index contributed by atoms with van der Waals surface area (Å²) in [6.45, 7) is 3.53. The van der Waals surface area contributed by atoms with E-state index in [0.29, 0.717) is 6.61 Å². The maximum atomic E-state index is 9.92. The van der Waals surface area contributed by atoms with Crippen LogP contribution in [0.25, 0.3) is 0 Å². The highest BCUT2D eigenvalue weighted by Crippen LogP contribution is 2.36. The molecule has 0 aliphatic carbocycles. The van der Waals surface area contributed by atoms with Crippen molar-refractivity contribution >= 4 is 0 Å². The first-order valence-electron chi connectivity index (χ1n) is 8.39. The van der Waals surface area contributed by atoms with Crippen LogP contribution < -0.4 is 9.47 Å². The molecule has 0 radical (unpaired) electrons. The molecule has 3 rings (SSSR count). The summed E-state index contributed by atoms with van der Waals surface area (Å²) in [7, 11) is 3.36. The molecule has 1 spiro atoms. The second-order valence-corrected chi connectivity index (χ2v) is 6.63. The summed E-state index contributed by atoms with van der Waals surface area (Å²) in [4.78, 5) is 2.43. The number of hydrogen-bond donors (Lipinski definition) is 1.